The maximum Gasteiger partial charge on any atom is 0.123 e. The molecule has 1 fully saturated rings. The summed E-state index contributed by atoms with van der Waals surface area (Å²) in [6.07, 6.45) is 7.72. The first-order valence-corrected chi connectivity index (χ1v) is 10.7. The third-order valence-corrected chi connectivity index (χ3v) is 7.14. The molecule has 3 atom stereocenters. The Balaban J connectivity index is 1.51. The first kappa shape index (κ1) is 19.3. The Bertz CT molecular complexity index is 1100. The predicted molar refractivity (Wildman–Crippen MR) is 117 cm³/mol. The van der Waals surface area contributed by atoms with Crippen LogP contribution in [0.2, 0.25) is 0 Å². The molecule has 1 unspecified atom stereocenters. The van der Waals surface area contributed by atoms with Crippen LogP contribution in [0.1, 0.15) is 54.7 Å². The van der Waals surface area contributed by atoms with Crippen molar-refractivity contribution in [3.63, 3.8) is 0 Å². The van der Waals surface area contributed by atoms with Crippen LogP contribution in [-0.4, -0.2) is 14.9 Å². The van der Waals surface area contributed by atoms with E-state index in [1.54, 1.807) is 12.1 Å². The van der Waals surface area contributed by atoms with E-state index in [4.69, 9.17) is 0 Å². The van der Waals surface area contributed by atoms with Gasteiger partial charge in [-0.1, -0.05) is 42.3 Å². The second-order valence-electron chi connectivity index (χ2n) is 9.06. The topological polar surface area (TPSA) is 38.1 Å². The molecule has 1 N–H and O–H groups in total. The number of aromatic nitrogens is 2. The first-order chi connectivity index (χ1) is 14.5. The molecule has 30 heavy (non-hydrogen) atoms. The molecule has 5 rings (SSSR count). The Morgan fingerprint density at radius 1 is 1.13 bits per heavy atom. The molecular weight excluding hydrogens is 375 g/mol. The molecule has 2 aliphatic rings. The van der Waals surface area contributed by atoms with E-state index in [2.05, 4.69) is 49.3 Å². The fraction of sp³-hybridized carbons (Fsp3) is 0.346. The molecule has 0 radical (unpaired) electrons. The molecule has 0 aliphatic heterocycles. The molecule has 3 aromatic rings. The molecule has 0 saturated heterocycles. The third-order valence-electron chi connectivity index (χ3n) is 7.14. The smallest absolute Gasteiger partial charge is 0.123 e. The quantitative estimate of drug-likeness (QED) is 0.601. The van der Waals surface area contributed by atoms with E-state index in [1.165, 1.54) is 28.8 Å². The van der Waals surface area contributed by atoms with E-state index in [0.29, 0.717) is 0 Å². The maximum atomic E-state index is 13.4. The van der Waals surface area contributed by atoms with Gasteiger partial charge in [0.1, 0.15) is 5.82 Å². The molecule has 3 nitrogen and oxygen atoms in total. The lowest BCUT2D eigenvalue weighted by atomic mass is 9.57. The van der Waals surface area contributed by atoms with Crippen LogP contribution in [0.4, 0.5) is 4.39 Å². The zero-order valence-corrected chi connectivity index (χ0v) is 17.5. The third kappa shape index (κ3) is 3.10. The minimum absolute atomic E-state index is 0.0911. The summed E-state index contributed by atoms with van der Waals surface area (Å²) >= 11 is 0. The number of aliphatic hydroxyl groups is 1. The van der Waals surface area contributed by atoms with Crippen molar-refractivity contribution in [3.8, 4) is 5.69 Å². The fourth-order valence-electron chi connectivity index (χ4n) is 5.37. The highest BCUT2D eigenvalue weighted by atomic mass is 19.1. The van der Waals surface area contributed by atoms with Gasteiger partial charge in [-0.15, -0.1) is 0 Å². The normalized spacial score (nSPS) is 24.0. The Labute approximate surface area is 176 Å². The van der Waals surface area contributed by atoms with Gasteiger partial charge in [0.05, 0.1) is 23.7 Å². The van der Waals surface area contributed by atoms with E-state index < -0.39 is 6.10 Å². The van der Waals surface area contributed by atoms with E-state index in [-0.39, 0.29) is 17.2 Å². The largest absolute Gasteiger partial charge is 0.388 e. The molecule has 154 valence electrons. The van der Waals surface area contributed by atoms with Crippen molar-refractivity contribution in [2.45, 2.75) is 45.6 Å². The molecule has 1 aromatic heterocycles. The molecule has 2 aliphatic carbocycles. The Hall–Kier alpha value is -2.72. The van der Waals surface area contributed by atoms with Gasteiger partial charge in [0.15, 0.2) is 0 Å². The lowest BCUT2D eigenvalue weighted by Crippen LogP contribution is -2.40. The number of allylic oxidation sites excluding steroid dienone is 1. The lowest BCUT2D eigenvalue weighted by molar-refractivity contribution is 0.0217. The van der Waals surface area contributed by atoms with E-state index in [9.17, 15) is 9.50 Å². The van der Waals surface area contributed by atoms with Gasteiger partial charge < -0.3 is 5.11 Å². The van der Waals surface area contributed by atoms with Crippen molar-refractivity contribution in [3.05, 3.63) is 88.5 Å². The van der Waals surface area contributed by atoms with Crippen molar-refractivity contribution in [2.24, 2.45) is 11.3 Å². The van der Waals surface area contributed by atoms with E-state index in [0.717, 1.165) is 42.6 Å². The van der Waals surface area contributed by atoms with Crippen molar-refractivity contribution < 1.29 is 9.50 Å². The zero-order valence-electron chi connectivity index (χ0n) is 17.5. The molecule has 4 heteroatoms. The van der Waals surface area contributed by atoms with Gasteiger partial charge in [0.2, 0.25) is 0 Å². The van der Waals surface area contributed by atoms with Crippen molar-refractivity contribution in [1.82, 2.24) is 9.78 Å². The van der Waals surface area contributed by atoms with Crippen molar-refractivity contribution in [1.29, 1.82) is 0 Å². The summed E-state index contributed by atoms with van der Waals surface area (Å²) < 4.78 is 15.3. The summed E-state index contributed by atoms with van der Waals surface area (Å²) in [6, 6.07) is 14.7. The predicted octanol–water partition coefficient (Wildman–Crippen LogP) is 5.80. The Morgan fingerprint density at radius 3 is 2.60 bits per heavy atom. The second kappa shape index (κ2) is 7.21. The van der Waals surface area contributed by atoms with Gasteiger partial charge in [-0.05, 0) is 85.4 Å². The number of benzene rings is 2. The zero-order chi connectivity index (χ0) is 20.9. The molecule has 2 aromatic carbocycles. The van der Waals surface area contributed by atoms with E-state index in [1.807, 2.05) is 10.9 Å². The molecular formula is C26H27FN2O. The SMILES string of the molecule is Cc1ccc(C(O)[C@H]2CCCC3=Cc4c(cnn4-c4ccc(F)cc4)C[C@@]32C)cc1. The van der Waals surface area contributed by atoms with Gasteiger partial charge in [-0.25, -0.2) is 9.07 Å². The van der Waals surface area contributed by atoms with Gasteiger partial charge in [0, 0.05) is 0 Å². The number of aliphatic hydroxyl groups excluding tert-OH is 1. The summed E-state index contributed by atoms with van der Waals surface area (Å²) in [5.41, 5.74) is 6.64. The monoisotopic (exact) mass is 402 g/mol. The van der Waals surface area contributed by atoms with Crippen molar-refractivity contribution in [2.75, 3.05) is 0 Å². The molecule has 1 heterocycles. The fourth-order valence-corrected chi connectivity index (χ4v) is 5.37. The van der Waals surface area contributed by atoms with Crippen LogP contribution < -0.4 is 0 Å². The molecule has 0 amide bonds. The maximum absolute atomic E-state index is 13.4. The standard InChI is InChI=1S/C26H27FN2O/c1-17-6-8-18(9-7-17)25(30)23-5-3-4-20-14-24-19(15-26(20,23)2)16-28-29(24)22-12-10-21(27)11-13-22/h6-14,16,23,25,30H,3-5,15H2,1-2H3/t23-,25?,26+/m1/s1. The van der Waals surface area contributed by atoms with Crippen molar-refractivity contribution >= 4 is 6.08 Å². The van der Waals surface area contributed by atoms with Crippen LogP contribution in [0.25, 0.3) is 11.8 Å². The van der Waals surface area contributed by atoms with Crippen LogP contribution in [0.15, 0.2) is 60.3 Å². The van der Waals surface area contributed by atoms with Crippen LogP contribution in [0.5, 0.6) is 0 Å². The van der Waals surface area contributed by atoms with Gasteiger partial charge in [-0.2, -0.15) is 5.10 Å². The minimum atomic E-state index is -0.479. The van der Waals surface area contributed by atoms with Gasteiger partial charge >= 0.3 is 0 Å². The summed E-state index contributed by atoms with van der Waals surface area (Å²) in [5, 5.41) is 15.9. The minimum Gasteiger partial charge on any atom is -0.388 e. The van der Waals surface area contributed by atoms with Crippen LogP contribution in [0.3, 0.4) is 0 Å². The molecule has 1 saturated carbocycles. The van der Waals surface area contributed by atoms with Gasteiger partial charge in [-0.3, -0.25) is 0 Å². The summed E-state index contributed by atoms with van der Waals surface area (Å²) in [4.78, 5) is 0. The summed E-state index contributed by atoms with van der Waals surface area (Å²) in [7, 11) is 0. The number of fused-ring (bicyclic) bond motifs is 2. The number of hydrogen-bond acceptors (Lipinski definition) is 2. The second-order valence-corrected chi connectivity index (χ2v) is 9.06. The van der Waals surface area contributed by atoms with Crippen LogP contribution in [-0.2, 0) is 6.42 Å². The Morgan fingerprint density at radius 2 is 1.87 bits per heavy atom. The summed E-state index contributed by atoms with van der Waals surface area (Å²) in [5.74, 6) is -0.0755. The number of nitrogens with zero attached hydrogens (tertiary/aromatic N) is 2. The number of hydrogen-bond donors (Lipinski definition) is 1. The van der Waals surface area contributed by atoms with Crippen LogP contribution in [0, 0.1) is 24.1 Å². The lowest BCUT2D eigenvalue weighted by Gasteiger charge is -2.47. The highest BCUT2D eigenvalue weighted by Gasteiger charge is 2.46. The number of halogens is 1. The molecule has 0 spiro atoms. The van der Waals surface area contributed by atoms with Crippen LogP contribution >= 0.6 is 0 Å². The van der Waals surface area contributed by atoms with Gasteiger partial charge in [0.25, 0.3) is 0 Å². The molecule has 0 bridgehead atoms. The average Bonchev–Trinajstić information content (AvgIpc) is 3.14. The first-order valence-electron chi connectivity index (χ1n) is 10.7. The summed E-state index contributed by atoms with van der Waals surface area (Å²) in [6.45, 7) is 4.37. The van der Waals surface area contributed by atoms with E-state index >= 15 is 0 Å². The highest BCUT2D eigenvalue weighted by Crippen LogP contribution is 2.54. The Kier molecular flexibility index (Phi) is 4.62. The number of rotatable bonds is 3. The number of aryl methyl sites for hydroxylation is 1. The average molecular weight is 403 g/mol. The highest BCUT2D eigenvalue weighted by molar-refractivity contribution is 5.61.